The zero-order valence-corrected chi connectivity index (χ0v) is 20.0. The van der Waals surface area contributed by atoms with Gasteiger partial charge in [0.25, 0.3) is 11.6 Å². The van der Waals surface area contributed by atoms with E-state index in [4.69, 9.17) is 4.84 Å². The number of nitrogens with one attached hydrogen (secondary N) is 1. The first-order valence-corrected chi connectivity index (χ1v) is 11.5. The monoisotopic (exact) mass is 503 g/mol. The molecule has 3 aromatic rings. The number of aromatic nitrogens is 1. The Kier molecular flexibility index (Phi) is 7.84. The molecule has 2 aromatic carbocycles. The molecule has 0 saturated carbocycles. The summed E-state index contributed by atoms with van der Waals surface area (Å²) in [6.07, 6.45) is 0.795. The van der Waals surface area contributed by atoms with Crippen LogP contribution in [0.4, 0.5) is 5.69 Å². The van der Waals surface area contributed by atoms with Gasteiger partial charge in [0.2, 0.25) is 5.91 Å². The third-order valence-electron chi connectivity index (χ3n) is 5.99. The van der Waals surface area contributed by atoms with Gasteiger partial charge in [-0.3, -0.25) is 24.7 Å². The summed E-state index contributed by atoms with van der Waals surface area (Å²) < 4.78 is 0. The molecule has 1 fully saturated rings. The molecule has 2 amide bonds. The molecule has 0 unspecified atom stereocenters. The second kappa shape index (κ2) is 11.4. The van der Waals surface area contributed by atoms with Crippen LogP contribution in [0.25, 0.3) is 11.3 Å². The van der Waals surface area contributed by atoms with Gasteiger partial charge in [0.05, 0.1) is 29.0 Å². The molecule has 1 aromatic heterocycles. The second-order valence-electron chi connectivity index (χ2n) is 8.39. The van der Waals surface area contributed by atoms with Gasteiger partial charge in [0.15, 0.2) is 0 Å². The topological polar surface area (TPSA) is 147 Å². The van der Waals surface area contributed by atoms with Crippen LogP contribution in [0.3, 0.4) is 0 Å². The molecule has 2 N–H and O–H groups in total. The van der Waals surface area contributed by atoms with Crippen molar-refractivity contribution in [1.82, 2.24) is 15.2 Å². The predicted octanol–water partition coefficient (Wildman–Crippen LogP) is 2.72. The first-order chi connectivity index (χ1) is 17.9. The molecule has 0 spiro atoms. The third-order valence-corrected chi connectivity index (χ3v) is 5.99. The standard InChI is InChI=1S/C26H25N5O6/c1-37-29-20-14-23(25(33)28-15-24(32)18-9-11-21(12-10-18)31(35)36)30(16-20)26(34)19-7-5-17(6-8-19)22-4-2-3-13-27-22/h2-13,23-24,32H,14-16H2,1H3,(H,28,33)/b29-20+/t23-,24-/m0/s1. The maximum Gasteiger partial charge on any atom is 0.269 e. The summed E-state index contributed by atoms with van der Waals surface area (Å²) in [6.45, 7) is -0.0115. The van der Waals surface area contributed by atoms with Gasteiger partial charge >= 0.3 is 0 Å². The van der Waals surface area contributed by atoms with E-state index in [1.807, 2.05) is 18.2 Å². The maximum absolute atomic E-state index is 13.3. The van der Waals surface area contributed by atoms with Gasteiger partial charge in [-0.2, -0.15) is 0 Å². The summed E-state index contributed by atoms with van der Waals surface area (Å²) in [6, 6.07) is 17.1. The van der Waals surface area contributed by atoms with E-state index < -0.39 is 23.0 Å². The Bertz CT molecular complexity index is 1300. The van der Waals surface area contributed by atoms with Crippen LogP contribution in [0.1, 0.15) is 28.4 Å². The van der Waals surface area contributed by atoms with Gasteiger partial charge in [0, 0.05) is 42.4 Å². The molecule has 190 valence electrons. The fraction of sp³-hybridized carbons (Fsp3) is 0.231. The molecule has 11 heteroatoms. The fourth-order valence-corrected chi connectivity index (χ4v) is 4.08. The van der Waals surface area contributed by atoms with Gasteiger partial charge < -0.3 is 20.2 Å². The average molecular weight is 504 g/mol. The number of non-ortho nitro benzene ring substituents is 1. The SMILES string of the molecule is CO/N=C1\C[C@@H](C(=O)NC[C@H](O)c2ccc([N+](=O)[O-])cc2)N(C(=O)c2ccc(-c3ccccn3)cc2)C1. The number of hydrogen-bond donors (Lipinski definition) is 2. The molecular formula is C26H25N5O6. The summed E-state index contributed by atoms with van der Waals surface area (Å²) in [4.78, 5) is 47.3. The molecule has 4 rings (SSSR count). The number of pyridine rings is 1. The first kappa shape index (κ1) is 25.5. The number of aliphatic hydroxyl groups is 1. The Labute approximate surface area is 212 Å². The average Bonchev–Trinajstić information content (AvgIpc) is 3.36. The number of nitro groups is 1. The quantitative estimate of drug-likeness (QED) is 0.355. The predicted molar refractivity (Wildman–Crippen MR) is 135 cm³/mol. The van der Waals surface area contributed by atoms with E-state index in [0.717, 1.165) is 11.3 Å². The molecule has 1 aliphatic heterocycles. The highest BCUT2D eigenvalue weighted by atomic mass is 16.6. The number of oxime groups is 1. The Morgan fingerprint density at radius 2 is 1.92 bits per heavy atom. The van der Waals surface area contributed by atoms with Crippen molar-refractivity contribution in [3.63, 3.8) is 0 Å². The van der Waals surface area contributed by atoms with E-state index in [-0.39, 0.29) is 31.1 Å². The zero-order chi connectivity index (χ0) is 26.4. The van der Waals surface area contributed by atoms with Crippen molar-refractivity contribution in [3.8, 4) is 11.3 Å². The molecule has 2 heterocycles. The number of benzene rings is 2. The van der Waals surface area contributed by atoms with E-state index >= 15 is 0 Å². The first-order valence-electron chi connectivity index (χ1n) is 11.5. The lowest BCUT2D eigenvalue weighted by Crippen LogP contribution is -2.46. The van der Waals surface area contributed by atoms with Crippen molar-refractivity contribution in [2.45, 2.75) is 18.6 Å². The fourth-order valence-electron chi connectivity index (χ4n) is 4.08. The molecule has 2 atom stereocenters. The van der Waals surface area contributed by atoms with Crippen molar-refractivity contribution in [1.29, 1.82) is 0 Å². The van der Waals surface area contributed by atoms with E-state index in [2.05, 4.69) is 15.5 Å². The van der Waals surface area contributed by atoms with Gasteiger partial charge in [0.1, 0.15) is 13.2 Å². The molecule has 0 radical (unpaired) electrons. The minimum absolute atomic E-state index is 0.0990. The summed E-state index contributed by atoms with van der Waals surface area (Å²) >= 11 is 0. The lowest BCUT2D eigenvalue weighted by atomic mass is 10.1. The molecule has 0 bridgehead atoms. The number of likely N-dealkylation sites (tertiary alicyclic amines) is 1. The van der Waals surface area contributed by atoms with Crippen molar-refractivity contribution >= 4 is 23.2 Å². The van der Waals surface area contributed by atoms with E-state index in [0.29, 0.717) is 16.8 Å². The van der Waals surface area contributed by atoms with E-state index in [1.54, 1.807) is 30.5 Å². The number of rotatable bonds is 8. The smallest absolute Gasteiger partial charge is 0.269 e. The van der Waals surface area contributed by atoms with Crippen LogP contribution in [0.5, 0.6) is 0 Å². The highest BCUT2D eigenvalue weighted by Gasteiger charge is 2.38. The summed E-state index contributed by atoms with van der Waals surface area (Å²) in [5.74, 6) is -0.800. The van der Waals surface area contributed by atoms with Crippen LogP contribution in [0.15, 0.2) is 78.1 Å². The molecule has 0 aliphatic carbocycles. The van der Waals surface area contributed by atoms with Crippen LogP contribution in [-0.2, 0) is 9.63 Å². The van der Waals surface area contributed by atoms with Crippen LogP contribution in [0, 0.1) is 10.1 Å². The van der Waals surface area contributed by atoms with Gasteiger partial charge in [-0.05, 0) is 42.0 Å². The number of nitrogens with zero attached hydrogens (tertiary/aromatic N) is 4. The van der Waals surface area contributed by atoms with Gasteiger partial charge in [-0.1, -0.05) is 23.4 Å². The van der Waals surface area contributed by atoms with Crippen LogP contribution in [0.2, 0.25) is 0 Å². The van der Waals surface area contributed by atoms with Gasteiger partial charge in [-0.15, -0.1) is 0 Å². The Hall–Kier alpha value is -4.64. The number of amides is 2. The van der Waals surface area contributed by atoms with E-state index in [1.165, 1.54) is 36.3 Å². The Morgan fingerprint density at radius 3 is 2.54 bits per heavy atom. The van der Waals surface area contributed by atoms with Gasteiger partial charge in [-0.25, -0.2) is 0 Å². The Morgan fingerprint density at radius 1 is 1.19 bits per heavy atom. The highest BCUT2D eigenvalue weighted by molar-refractivity contribution is 6.05. The summed E-state index contributed by atoms with van der Waals surface area (Å²) in [5, 5.41) is 27.9. The normalized spacial score (nSPS) is 16.9. The second-order valence-corrected chi connectivity index (χ2v) is 8.39. The van der Waals surface area contributed by atoms with Crippen LogP contribution >= 0.6 is 0 Å². The van der Waals surface area contributed by atoms with Crippen LogP contribution in [-0.4, -0.2) is 63.7 Å². The lowest BCUT2D eigenvalue weighted by molar-refractivity contribution is -0.384. The minimum Gasteiger partial charge on any atom is -0.399 e. The zero-order valence-electron chi connectivity index (χ0n) is 20.0. The molecule has 1 aliphatic rings. The van der Waals surface area contributed by atoms with Crippen molar-refractivity contribution < 1.29 is 24.5 Å². The van der Waals surface area contributed by atoms with Crippen molar-refractivity contribution in [3.05, 3.63) is 94.2 Å². The third kappa shape index (κ3) is 5.96. The van der Waals surface area contributed by atoms with Crippen molar-refractivity contribution in [2.24, 2.45) is 5.16 Å². The maximum atomic E-state index is 13.3. The molecule has 1 saturated heterocycles. The number of hydrogen-bond acceptors (Lipinski definition) is 8. The lowest BCUT2D eigenvalue weighted by Gasteiger charge is -2.24. The van der Waals surface area contributed by atoms with Crippen LogP contribution < -0.4 is 5.32 Å². The Balaban J connectivity index is 1.45. The summed E-state index contributed by atoms with van der Waals surface area (Å²) in [5.41, 5.74) is 2.90. The highest BCUT2D eigenvalue weighted by Crippen LogP contribution is 2.23. The number of nitro benzene ring substituents is 1. The van der Waals surface area contributed by atoms with E-state index in [9.17, 15) is 24.8 Å². The number of aliphatic hydroxyl groups excluding tert-OH is 1. The molecule has 11 nitrogen and oxygen atoms in total. The largest absolute Gasteiger partial charge is 0.399 e. The molecule has 37 heavy (non-hydrogen) atoms. The molecular weight excluding hydrogens is 478 g/mol. The number of carbonyl (C=O) groups excluding carboxylic acids is 2. The minimum atomic E-state index is -1.08. The summed E-state index contributed by atoms with van der Waals surface area (Å²) in [7, 11) is 1.39. The number of carbonyl (C=O) groups is 2. The van der Waals surface area contributed by atoms with Crippen molar-refractivity contribution in [2.75, 3.05) is 20.2 Å².